The first-order chi connectivity index (χ1) is 12.0. The molecule has 2 heterocycles. The summed E-state index contributed by atoms with van der Waals surface area (Å²) in [6, 6.07) is 7.96. The predicted octanol–water partition coefficient (Wildman–Crippen LogP) is 3.12. The summed E-state index contributed by atoms with van der Waals surface area (Å²) in [4.78, 5) is 15.5. The van der Waals surface area contributed by atoms with Gasteiger partial charge in [0, 0.05) is 56.4 Å². The number of guanidine groups is 1. The molecule has 9 heteroatoms. The molecule has 0 saturated carbocycles. The topological polar surface area (TPSA) is 61.0 Å². The molecule has 26 heavy (non-hydrogen) atoms. The van der Waals surface area contributed by atoms with Crippen LogP contribution < -0.4 is 15.5 Å². The molecule has 2 aromatic rings. The number of aliphatic imine (C=N–C) groups is 1. The first-order valence-electron chi connectivity index (χ1n) is 8.20. The third-order valence-corrected chi connectivity index (χ3v) is 5.43. The van der Waals surface area contributed by atoms with Crippen LogP contribution in [-0.2, 0) is 6.54 Å². The van der Waals surface area contributed by atoms with Crippen molar-refractivity contribution in [3.05, 3.63) is 40.4 Å². The van der Waals surface area contributed by atoms with E-state index < -0.39 is 0 Å². The summed E-state index contributed by atoms with van der Waals surface area (Å²) in [5.41, 5.74) is 8.32. The van der Waals surface area contributed by atoms with E-state index in [0.29, 0.717) is 12.5 Å². The number of aromatic nitrogens is 1. The van der Waals surface area contributed by atoms with Crippen molar-refractivity contribution in [2.75, 3.05) is 50.1 Å². The van der Waals surface area contributed by atoms with E-state index in [-0.39, 0.29) is 24.0 Å². The molecule has 0 aliphatic carbocycles. The van der Waals surface area contributed by atoms with Crippen molar-refractivity contribution in [2.45, 2.75) is 6.54 Å². The van der Waals surface area contributed by atoms with Gasteiger partial charge in [-0.1, -0.05) is 11.6 Å². The van der Waals surface area contributed by atoms with E-state index in [1.807, 2.05) is 36.5 Å². The van der Waals surface area contributed by atoms with Crippen molar-refractivity contribution in [1.82, 2.24) is 9.88 Å². The highest BCUT2D eigenvalue weighted by atomic mass is 127. The lowest BCUT2D eigenvalue weighted by molar-refractivity contribution is 0.380. The Morgan fingerprint density at radius 2 is 1.88 bits per heavy atom. The molecule has 1 fully saturated rings. The molecule has 0 amide bonds. The number of hydrogen-bond acceptors (Lipinski definition) is 5. The number of benzene rings is 1. The maximum Gasteiger partial charge on any atom is 0.191 e. The average Bonchev–Trinajstić information content (AvgIpc) is 3.10. The van der Waals surface area contributed by atoms with E-state index in [0.717, 1.165) is 42.0 Å². The molecular weight excluding hydrogens is 483 g/mol. The lowest BCUT2D eigenvalue weighted by Gasteiger charge is -2.36. The molecule has 1 aromatic heterocycles. The van der Waals surface area contributed by atoms with Gasteiger partial charge in [0.2, 0.25) is 0 Å². The number of hydrogen-bond donors (Lipinski definition) is 1. The number of piperazine rings is 1. The first kappa shape index (κ1) is 21.0. The number of halogens is 2. The zero-order valence-corrected chi connectivity index (χ0v) is 18.8. The third kappa shape index (κ3) is 5.37. The fourth-order valence-electron chi connectivity index (χ4n) is 2.68. The lowest BCUT2D eigenvalue weighted by Crippen LogP contribution is -2.51. The summed E-state index contributed by atoms with van der Waals surface area (Å²) in [6.45, 7) is 4.07. The molecule has 6 nitrogen and oxygen atoms in total. The van der Waals surface area contributed by atoms with Crippen LogP contribution in [0.5, 0.6) is 0 Å². The quantitative estimate of drug-likeness (QED) is 0.392. The molecule has 0 atom stereocenters. The molecule has 0 radical (unpaired) electrons. The number of nitrogens with zero attached hydrogens (tertiary/aromatic N) is 5. The average molecular weight is 507 g/mol. The van der Waals surface area contributed by atoms with Gasteiger partial charge in [-0.15, -0.1) is 35.3 Å². The van der Waals surface area contributed by atoms with Gasteiger partial charge in [0.1, 0.15) is 0 Å². The van der Waals surface area contributed by atoms with Crippen LogP contribution in [0.2, 0.25) is 5.02 Å². The molecule has 142 valence electrons. The zero-order chi connectivity index (χ0) is 17.8. The number of nitrogens with two attached hydrogens (primary N) is 1. The lowest BCUT2D eigenvalue weighted by atomic mass is 10.2. The number of rotatable bonds is 4. The van der Waals surface area contributed by atoms with E-state index in [1.54, 1.807) is 11.3 Å². The van der Waals surface area contributed by atoms with Crippen LogP contribution in [0.1, 0.15) is 5.69 Å². The van der Waals surface area contributed by atoms with Crippen molar-refractivity contribution < 1.29 is 0 Å². The van der Waals surface area contributed by atoms with Gasteiger partial charge in [0.25, 0.3) is 0 Å². The summed E-state index contributed by atoms with van der Waals surface area (Å²) in [6.07, 6.45) is 0. The van der Waals surface area contributed by atoms with Crippen molar-refractivity contribution in [2.24, 2.45) is 10.7 Å². The van der Waals surface area contributed by atoms with Gasteiger partial charge in [0.15, 0.2) is 11.1 Å². The van der Waals surface area contributed by atoms with E-state index in [2.05, 4.69) is 31.9 Å². The molecule has 1 aromatic carbocycles. The van der Waals surface area contributed by atoms with Crippen molar-refractivity contribution in [3.8, 4) is 0 Å². The van der Waals surface area contributed by atoms with Crippen LogP contribution >= 0.6 is 46.9 Å². The van der Waals surface area contributed by atoms with Gasteiger partial charge >= 0.3 is 0 Å². The van der Waals surface area contributed by atoms with Gasteiger partial charge in [-0.05, 0) is 24.3 Å². The second-order valence-electron chi connectivity index (χ2n) is 6.14. The highest BCUT2D eigenvalue weighted by molar-refractivity contribution is 14.0. The van der Waals surface area contributed by atoms with Gasteiger partial charge in [-0.2, -0.15) is 0 Å². The van der Waals surface area contributed by atoms with Crippen LogP contribution in [-0.4, -0.2) is 56.1 Å². The predicted molar refractivity (Wildman–Crippen MR) is 122 cm³/mol. The van der Waals surface area contributed by atoms with E-state index in [4.69, 9.17) is 17.3 Å². The second kappa shape index (κ2) is 9.61. The second-order valence-corrected chi connectivity index (χ2v) is 7.41. The van der Waals surface area contributed by atoms with Crippen LogP contribution in [0.15, 0.2) is 34.6 Å². The molecule has 0 bridgehead atoms. The Labute approximate surface area is 180 Å². The fourth-order valence-corrected chi connectivity index (χ4v) is 3.56. The van der Waals surface area contributed by atoms with Crippen molar-refractivity contribution in [1.29, 1.82) is 0 Å². The standard InChI is InChI=1S/C17H23ClN6S.HI/c1-22(2)17-21-14(12-25-17)11-20-16(19)24-9-7-23(8-10-24)15-5-3-13(18)4-6-15;/h3-6,12H,7-11H2,1-2H3,(H2,19,20);1H. The Kier molecular flexibility index (Phi) is 7.78. The summed E-state index contributed by atoms with van der Waals surface area (Å²) >= 11 is 7.57. The Balaban J connectivity index is 0.00000243. The molecular formula is C17H24ClIN6S. The van der Waals surface area contributed by atoms with E-state index in [9.17, 15) is 0 Å². The van der Waals surface area contributed by atoms with Crippen LogP contribution in [0, 0.1) is 0 Å². The number of thiazole rings is 1. The minimum Gasteiger partial charge on any atom is -0.370 e. The molecule has 2 N–H and O–H groups in total. The van der Waals surface area contributed by atoms with Crippen LogP contribution in [0.4, 0.5) is 10.8 Å². The molecule has 0 unspecified atom stereocenters. The summed E-state index contributed by atoms with van der Waals surface area (Å²) in [7, 11) is 3.97. The third-order valence-electron chi connectivity index (χ3n) is 4.12. The fraction of sp³-hybridized carbons (Fsp3) is 0.412. The smallest absolute Gasteiger partial charge is 0.191 e. The Bertz CT molecular complexity index is 725. The Morgan fingerprint density at radius 3 is 2.46 bits per heavy atom. The van der Waals surface area contributed by atoms with Gasteiger partial charge in [-0.25, -0.2) is 9.98 Å². The summed E-state index contributed by atoms with van der Waals surface area (Å²) in [5, 5.41) is 3.78. The molecule has 3 rings (SSSR count). The monoisotopic (exact) mass is 506 g/mol. The van der Waals surface area contributed by atoms with E-state index >= 15 is 0 Å². The largest absolute Gasteiger partial charge is 0.370 e. The van der Waals surface area contributed by atoms with Gasteiger partial charge in [-0.3, -0.25) is 0 Å². The van der Waals surface area contributed by atoms with Crippen LogP contribution in [0.25, 0.3) is 0 Å². The zero-order valence-electron chi connectivity index (χ0n) is 14.9. The van der Waals surface area contributed by atoms with Gasteiger partial charge < -0.3 is 20.4 Å². The summed E-state index contributed by atoms with van der Waals surface area (Å²) < 4.78 is 0. The molecule has 1 aliphatic rings. The maximum atomic E-state index is 6.17. The van der Waals surface area contributed by atoms with E-state index in [1.165, 1.54) is 5.69 Å². The molecule has 1 saturated heterocycles. The maximum absolute atomic E-state index is 6.17. The Morgan fingerprint density at radius 1 is 1.23 bits per heavy atom. The van der Waals surface area contributed by atoms with Crippen molar-refractivity contribution in [3.63, 3.8) is 0 Å². The minimum atomic E-state index is 0. The van der Waals surface area contributed by atoms with Crippen LogP contribution in [0.3, 0.4) is 0 Å². The molecule has 0 spiro atoms. The van der Waals surface area contributed by atoms with Gasteiger partial charge in [0.05, 0.1) is 12.2 Å². The van der Waals surface area contributed by atoms with Crippen molar-refractivity contribution >= 4 is 63.7 Å². The minimum absolute atomic E-state index is 0. The Hall–Kier alpha value is -1.26. The summed E-state index contributed by atoms with van der Waals surface area (Å²) in [5.74, 6) is 0.593. The molecule has 1 aliphatic heterocycles. The normalized spacial score (nSPS) is 15.0. The highest BCUT2D eigenvalue weighted by Gasteiger charge is 2.18. The number of anilines is 2. The SMILES string of the molecule is CN(C)c1nc(CN=C(N)N2CCN(c3ccc(Cl)cc3)CC2)cs1.I. The highest BCUT2D eigenvalue weighted by Crippen LogP contribution is 2.20. The first-order valence-corrected chi connectivity index (χ1v) is 9.46.